The van der Waals surface area contributed by atoms with E-state index in [0.29, 0.717) is 0 Å². The second-order valence-electron chi connectivity index (χ2n) is 1.63. The molecule has 1 rings (SSSR count). The van der Waals surface area contributed by atoms with Gasteiger partial charge in [0.15, 0.2) is 12.6 Å². The van der Waals surface area contributed by atoms with Gasteiger partial charge in [-0.3, -0.25) is 24.5 Å². The molecule has 0 aliphatic rings. The van der Waals surface area contributed by atoms with Crippen LogP contribution in [0, 0.1) is 0 Å². The second-order valence-corrected chi connectivity index (χ2v) is 1.63. The Kier molecular flexibility index (Phi) is 9.57. The van der Waals surface area contributed by atoms with Crippen LogP contribution in [0.25, 0.3) is 0 Å². The number of H-pyrrole nitrogens is 3. The smallest absolute Gasteiger partial charge is 0.295 e. The van der Waals surface area contributed by atoms with Crippen LogP contribution < -0.4 is 17.1 Å². The highest BCUT2D eigenvalue weighted by Gasteiger charge is 1.84. The summed E-state index contributed by atoms with van der Waals surface area (Å²) in [5, 5.41) is 0. The molecule has 8 heteroatoms. The standard InChI is InChI=1S/C3H3N3O3.C2H2O2.C2H4/c7-1-4-2(8)6-3(9)5-1;3-1-2-4;1-2/h(H3,4,5,6,7,8,9);1-2H;1-2H2. The average molecular weight is 215 g/mol. The summed E-state index contributed by atoms with van der Waals surface area (Å²) < 4.78 is 0. The first-order chi connectivity index (χ1) is 7.10. The van der Waals surface area contributed by atoms with Crippen molar-refractivity contribution in [1.29, 1.82) is 0 Å². The summed E-state index contributed by atoms with van der Waals surface area (Å²) in [6.45, 7) is 6.00. The Morgan fingerprint density at radius 3 is 1.07 bits per heavy atom. The number of hydrogen-bond acceptors (Lipinski definition) is 5. The maximum absolute atomic E-state index is 10.2. The Morgan fingerprint density at radius 1 is 0.733 bits per heavy atom. The zero-order valence-electron chi connectivity index (χ0n) is 7.61. The van der Waals surface area contributed by atoms with Gasteiger partial charge < -0.3 is 0 Å². The molecule has 8 nitrogen and oxygen atoms in total. The summed E-state index contributed by atoms with van der Waals surface area (Å²) in [7, 11) is 0. The van der Waals surface area contributed by atoms with E-state index >= 15 is 0 Å². The molecule has 0 radical (unpaired) electrons. The van der Waals surface area contributed by atoms with E-state index in [1.807, 2.05) is 0 Å². The Bertz CT molecular complexity index is 370. The van der Waals surface area contributed by atoms with Crippen LogP contribution in [0.3, 0.4) is 0 Å². The van der Waals surface area contributed by atoms with Gasteiger partial charge in [0.25, 0.3) is 0 Å². The molecule has 0 atom stereocenters. The molecule has 0 aliphatic carbocycles. The highest BCUT2D eigenvalue weighted by Crippen LogP contribution is 1.29. The molecule has 3 N–H and O–H groups in total. The lowest BCUT2D eigenvalue weighted by atomic mass is 10.9. The van der Waals surface area contributed by atoms with Crippen molar-refractivity contribution in [3.63, 3.8) is 0 Å². The molecule has 0 saturated carbocycles. The van der Waals surface area contributed by atoms with Crippen molar-refractivity contribution >= 4 is 12.6 Å². The van der Waals surface area contributed by atoms with Crippen LogP contribution in [0.5, 0.6) is 0 Å². The minimum atomic E-state index is -0.802. The first-order valence-electron chi connectivity index (χ1n) is 3.42. The summed E-state index contributed by atoms with van der Waals surface area (Å²) >= 11 is 0. The predicted molar refractivity (Wildman–Crippen MR) is 51.7 cm³/mol. The Labute approximate surface area is 82.7 Å². The molecule has 0 amide bonds. The minimum Gasteiger partial charge on any atom is -0.295 e. The van der Waals surface area contributed by atoms with E-state index in [-0.39, 0.29) is 12.6 Å². The molecular weight excluding hydrogens is 206 g/mol. The van der Waals surface area contributed by atoms with Gasteiger partial charge >= 0.3 is 17.1 Å². The van der Waals surface area contributed by atoms with Crippen molar-refractivity contribution < 1.29 is 9.59 Å². The largest absolute Gasteiger partial charge is 0.330 e. The second kappa shape index (κ2) is 9.58. The van der Waals surface area contributed by atoms with Gasteiger partial charge in [-0.05, 0) is 0 Å². The van der Waals surface area contributed by atoms with E-state index in [4.69, 9.17) is 9.59 Å². The molecule has 0 aromatic carbocycles. The van der Waals surface area contributed by atoms with Crippen molar-refractivity contribution in [2.45, 2.75) is 0 Å². The third kappa shape index (κ3) is 9.40. The number of carbonyl (C=O) groups is 2. The van der Waals surface area contributed by atoms with Crippen molar-refractivity contribution in [2.24, 2.45) is 0 Å². The van der Waals surface area contributed by atoms with Gasteiger partial charge in [0.05, 0.1) is 0 Å². The summed E-state index contributed by atoms with van der Waals surface area (Å²) in [4.78, 5) is 53.5. The van der Waals surface area contributed by atoms with Gasteiger partial charge in [0, 0.05) is 0 Å². The van der Waals surface area contributed by atoms with Crippen LogP contribution in [0.15, 0.2) is 27.5 Å². The van der Waals surface area contributed by atoms with E-state index in [9.17, 15) is 14.4 Å². The van der Waals surface area contributed by atoms with E-state index < -0.39 is 17.1 Å². The lowest BCUT2D eigenvalue weighted by molar-refractivity contribution is -0.122. The number of aromatic nitrogens is 3. The van der Waals surface area contributed by atoms with Crippen molar-refractivity contribution in [3.8, 4) is 0 Å². The fourth-order valence-corrected chi connectivity index (χ4v) is 0.403. The van der Waals surface area contributed by atoms with Crippen LogP contribution >= 0.6 is 0 Å². The molecule has 1 aromatic heterocycles. The van der Waals surface area contributed by atoms with Crippen LogP contribution in [0.4, 0.5) is 0 Å². The maximum atomic E-state index is 10.2. The Balaban J connectivity index is 0. The molecule has 0 fully saturated rings. The number of nitrogens with one attached hydrogen (secondary N) is 3. The third-order valence-electron chi connectivity index (χ3n) is 0.737. The first kappa shape index (κ1) is 15.0. The summed E-state index contributed by atoms with van der Waals surface area (Å²) in [5.41, 5.74) is -2.41. The molecule has 1 heterocycles. The number of carbonyl (C=O) groups excluding carboxylic acids is 2. The minimum absolute atomic E-state index is 0.194. The molecule has 0 bridgehead atoms. The van der Waals surface area contributed by atoms with Gasteiger partial charge in [-0.15, -0.1) is 13.2 Å². The number of aldehydes is 2. The lowest BCUT2D eigenvalue weighted by Crippen LogP contribution is -2.34. The number of rotatable bonds is 1. The fraction of sp³-hybridized carbons (Fsp3) is 0. The highest BCUT2D eigenvalue weighted by atomic mass is 16.2. The molecule has 1 aromatic rings. The third-order valence-corrected chi connectivity index (χ3v) is 0.737. The highest BCUT2D eigenvalue weighted by molar-refractivity contribution is 6.09. The summed E-state index contributed by atoms with van der Waals surface area (Å²) in [6, 6.07) is 0. The van der Waals surface area contributed by atoms with Gasteiger partial charge in [0.2, 0.25) is 0 Å². The molecule has 0 spiro atoms. The topological polar surface area (TPSA) is 133 Å². The quantitative estimate of drug-likeness (QED) is 0.281. The lowest BCUT2D eigenvalue weighted by Gasteiger charge is -1.77. The molecule has 0 saturated heterocycles. The zero-order chi connectivity index (χ0) is 12.3. The van der Waals surface area contributed by atoms with Gasteiger partial charge in [-0.2, -0.15) is 0 Å². The average Bonchev–Trinajstić information content (AvgIpc) is 2.19. The Morgan fingerprint density at radius 2 is 0.933 bits per heavy atom. The van der Waals surface area contributed by atoms with Crippen molar-refractivity contribution in [1.82, 2.24) is 15.0 Å². The summed E-state index contributed by atoms with van der Waals surface area (Å²) in [6.07, 6.45) is 0.389. The molecule has 0 unspecified atom stereocenters. The van der Waals surface area contributed by atoms with Crippen LogP contribution in [0.2, 0.25) is 0 Å². The van der Waals surface area contributed by atoms with Gasteiger partial charge in [0.1, 0.15) is 0 Å². The number of hydrogen-bond donors (Lipinski definition) is 3. The predicted octanol–water partition coefficient (Wildman–Crippen LogP) is -2.06. The van der Waals surface area contributed by atoms with E-state index in [1.54, 1.807) is 15.0 Å². The van der Waals surface area contributed by atoms with Crippen LogP contribution in [-0.2, 0) is 9.59 Å². The number of aromatic amines is 3. The van der Waals surface area contributed by atoms with Gasteiger partial charge in [-0.25, -0.2) is 14.4 Å². The van der Waals surface area contributed by atoms with E-state index in [1.165, 1.54) is 0 Å². The zero-order valence-corrected chi connectivity index (χ0v) is 7.61. The first-order valence-corrected chi connectivity index (χ1v) is 3.42. The molecule has 0 aliphatic heterocycles. The Hall–Kier alpha value is -2.51. The molecule has 82 valence electrons. The fourth-order valence-electron chi connectivity index (χ4n) is 0.403. The van der Waals surface area contributed by atoms with Crippen molar-refractivity contribution in [2.75, 3.05) is 0 Å². The van der Waals surface area contributed by atoms with E-state index in [0.717, 1.165) is 0 Å². The molecular formula is C7H9N3O5. The van der Waals surface area contributed by atoms with E-state index in [2.05, 4.69) is 13.2 Å². The maximum Gasteiger partial charge on any atom is 0.330 e. The SMILES string of the molecule is C=C.O=CC=O.O=c1[nH]c(=O)[nH]c(=O)[nH]1. The van der Waals surface area contributed by atoms with Crippen molar-refractivity contribution in [3.05, 3.63) is 44.6 Å². The summed E-state index contributed by atoms with van der Waals surface area (Å²) in [5.74, 6) is 0. The van der Waals surface area contributed by atoms with Gasteiger partial charge in [-0.1, -0.05) is 0 Å². The monoisotopic (exact) mass is 215 g/mol. The normalized spacial score (nSPS) is 7.20. The molecule has 15 heavy (non-hydrogen) atoms. The van der Waals surface area contributed by atoms with Crippen LogP contribution in [0.1, 0.15) is 0 Å². The van der Waals surface area contributed by atoms with Crippen LogP contribution in [-0.4, -0.2) is 27.5 Å².